The number of nitrogens with zero attached hydrogens (tertiary/aromatic N) is 1. The molecule has 0 heterocycles. The largest absolute Gasteiger partial charge is 0.310 e. The predicted octanol–water partition coefficient (Wildman–Crippen LogP) is 21.9. The van der Waals surface area contributed by atoms with Crippen LogP contribution in [0.3, 0.4) is 0 Å². The number of para-hydroxylation sites is 1. The van der Waals surface area contributed by atoms with E-state index in [2.05, 4.69) is 307 Å². The van der Waals surface area contributed by atoms with Gasteiger partial charge >= 0.3 is 0 Å². The Labute approximate surface area is 459 Å². The van der Waals surface area contributed by atoms with Gasteiger partial charge in [0, 0.05) is 22.4 Å². The highest BCUT2D eigenvalue weighted by molar-refractivity contribution is 5.99. The summed E-state index contributed by atoms with van der Waals surface area (Å²) in [7, 11) is 0. The molecule has 1 aliphatic carbocycles. The summed E-state index contributed by atoms with van der Waals surface area (Å²) in [4.78, 5) is 2.62. The summed E-state index contributed by atoms with van der Waals surface area (Å²) < 4.78 is 0. The molecule has 1 aliphatic rings. The van der Waals surface area contributed by atoms with Gasteiger partial charge in [0.1, 0.15) is 0 Å². The maximum atomic E-state index is 2.62. The van der Waals surface area contributed by atoms with Crippen LogP contribution >= 0.6 is 0 Å². The maximum Gasteiger partial charge on any atom is 0.0549 e. The third-order valence-electron chi connectivity index (χ3n) is 16.3. The summed E-state index contributed by atoms with van der Waals surface area (Å²) in [6.45, 7) is 47.2. The van der Waals surface area contributed by atoms with E-state index in [1.165, 1.54) is 112 Å². The normalized spacial score (nSPS) is 13.9. The lowest BCUT2D eigenvalue weighted by atomic mass is 9.77. The fourth-order valence-electron chi connectivity index (χ4n) is 11.4. The lowest BCUT2D eigenvalue weighted by Crippen LogP contribution is -2.21. The molecule has 0 N–H and O–H groups in total. The molecular weight excluding hydrogens is 915 g/mol. The van der Waals surface area contributed by atoms with Crippen LogP contribution in [-0.4, -0.2) is 0 Å². The Kier molecular flexibility index (Phi) is 13.5. The van der Waals surface area contributed by atoms with Gasteiger partial charge in [0.2, 0.25) is 0 Å². The van der Waals surface area contributed by atoms with Gasteiger partial charge in [-0.1, -0.05) is 260 Å². The van der Waals surface area contributed by atoms with Crippen molar-refractivity contribution in [3.05, 3.63) is 208 Å². The maximum absolute atomic E-state index is 2.62. The highest BCUT2D eigenvalue weighted by Gasteiger charge is 2.37. The summed E-state index contributed by atoms with van der Waals surface area (Å²) in [6, 6.07) is 63.9. The second-order valence-corrected chi connectivity index (χ2v) is 28.9. The van der Waals surface area contributed by atoms with Crippen LogP contribution in [0.5, 0.6) is 0 Å². The Morgan fingerprint density at radius 3 is 1.24 bits per heavy atom. The summed E-state index contributed by atoms with van der Waals surface area (Å²) >= 11 is 0. The summed E-state index contributed by atoms with van der Waals surface area (Å²) in [5.74, 6) is 0. The summed E-state index contributed by atoms with van der Waals surface area (Å²) in [5, 5.41) is 0. The van der Waals surface area contributed by atoms with Crippen molar-refractivity contribution >= 4 is 17.1 Å². The van der Waals surface area contributed by atoms with Crippen molar-refractivity contribution in [1.29, 1.82) is 0 Å². The molecule has 0 amide bonds. The van der Waals surface area contributed by atoms with E-state index < -0.39 is 0 Å². The van der Waals surface area contributed by atoms with Crippen molar-refractivity contribution in [2.45, 2.75) is 176 Å². The number of hydrogen-bond donors (Lipinski definition) is 0. The minimum atomic E-state index is -0.177. The molecule has 0 unspecified atom stereocenters. The molecule has 0 spiro atoms. The van der Waals surface area contributed by atoms with E-state index in [1.54, 1.807) is 0 Å². The lowest BCUT2D eigenvalue weighted by molar-refractivity contribution is 0.569. The molecule has 0 aromatic heterocycles. The number of anilines is 3. The van der Waals surface area contributed by atoms with Crippen LogP contribution in [-0.2, 0) is 37.9 Å². The first kappa shape index (κ1) is 54.4. The monoisotopic (exact) mass is 1000 g/mol. The van der Waals surface area contributed by atoms with Crippen molar-refractivity contribution in [2.24, 2.45) is 0 Å². The van der Waals surface area contributed by atoms with Crippen LogP contribution < -0.4 is 4.90 Å². The molecule has 0 fully saturated rings. The quantitative estimate of drug-likeness (QED) is 0.154. The molecule has 8 aromatic carbocycles. The molecule has 0 aliphatic heterocycles. The second-order valence-electron chi connectivity index (χ2n) is 28.9. The van der Waals surface area contributed by atoms with Gasteiger partial charge in [-0.3, -0.25) is 0 Å². The molecule has 1 nitrogen and oxygen atoms in total. The zero-order chi connectivity index (χ0) is 55.3. The Hall–Kier alpha value is -6.44. The van der Waals surface area contributed by atoms with Crippen molar-refractivity contribution in [2.75, 3.05) is 4.90 Å². The zero-order valence-electron chi connectivity index (χ0n) is 50.0. The number of benzene rings is 8. The zero-order valence-corrected chi connectivity index (χ0v) is 50.0. The SMILES string of the molecule is CC(C)(C)c1cc(-c2cc(-c3cc(C(C)(C)C)cc(N(c4ccc5c(c4)C(C)(C)c4ccccc4-5)c4ccccc4C(C)(C)C)c3-c3ccccc3)cc(C(C)(C)C)c2)cc(-c2cc(C(C)(C)C)cc(C(C)(C)C)c2)c1. The molecular formula is C75H87N. The lowest BCUT2D eigenvalue weighted by Gasteiger charge is -2.36. The molecule has 0 saturated heterocycles. The van der Waals surface area contributed by atoms with Gasteiger partial charge in [0.25, 0.3) is 0 Å². The van der Waals surface area contributed by atoms with Crippen LogP contribution in [0.4, 0.5) is 17.1 Å². The predicted molar refractivity (Wildman–Crippen MR) is 333 cm³/mol. The first-order chi connectivity index (χ1) is 35.2. The first-order valence-corrected chi connectivity index (χ1v) is 28.1. The summed E-state index contributed by atoms with van der Waals surface area (Å²) in [5.41, 5.74) is 26.0. The topological polar surface area (TPSA) is 3.24 Å². The molecule has 9 rings (SSSR count). The number of fused-ring (bicyclic) bond motifs is 3. The minimum absolute atomic E-state index is 0.000709. The van der Waals surface area contributed by atoms with E-state index in [0.29, 0.717) is 0 Å². The van der Waals surface area contributed by atoms with E-state index in [0.717, 1.165) is 5.69 Å². The van der Waals surface area contributed by atoms with Crippen LogP contribution in [0, 0.1) is 0 Å². The van der Waals surface area contributed by atoms with Crippen molar-refractivity contribution in [1.82, 2.24) is 0 Å². The Morgan fingerprint density at radius 1 is 0.289 bits per heavy atom. The van der Waals surface area contributed by atoms with Crippen LogP contribution in [0.15, 0.2) is 164 Å². The van der Waals surface area contributed by atoms with Crippen molar-refractivity contribution in [3.63, 3.8) is 0 Å². The van der Waals surface area contributed by atoms with Gasteiger partial charge in [-0.15, -0.1) is 0 Å². The number of rotatable bonds is 7. The highest BCUT2D eigenvalue weighted by atomic mass is 15.1. The smallest absolute Gasteiger partial charge is 0.0549 e. The third-order valence-corrected chi connectivity index (χ3v) is 16.3. The Morgan fingerprint density at radius 2 is 0.711 bits per heavy atom. The second kappa shape index (κ2) is 18.9. The third kappa shape index (κ3) is 10.5. The minimum Gasteiger partial charge on any atom is -0.310 e. The Balaban J connectivity index is 1.39. The van der Waals surface area contributed by atoms with Crippen LogP contribution in [0.1, 0.15) is 183 Å². The van der Waals surface area contributed by atoms with Crippen LogP contribution in [0.25, 0.3) is 55.6 Å². The standard InChI is InChI=1S/C75H87N/c1-69(2,3)54-38-49(36-50(39-54)52-41-56(71(7,8)9)44-57(42-52)72(10,11)12)51-37-53(43-55(40-51)70(4,5)6)62-45-58(73(13,14)15)46-67(68(62)48-28-22-21-23-29-48)76(66-33-27-26-32-64(66)74(16,17)18)59-34-35-61-60-30-24-25-31-63(60)75(19,20)65(61)47-59/h21-47H,1-20H3. The van der Waals surface area contributed by atoms with Crippen molar-refractivity contribution < 1.29 is 0 Å². The molecule has 8 aromatic rings. The van der Waals surface area contributed by atoms with Crippen LogP contribution in [0.2, 0.25) is 0 Å². The molecule has 0 saturated carbocycles. The van der Waals surface area contributed by atoms with Gasteiger partial charge in [-0.05, 0) is 170 Å². The average molecular weight is 1000 g/mol. The molecule has 0 radical (unpaired) electrons. The van der Waals surface area contributed by atoms with Gasteiger partial charge in [0.15, 0.2) is 0 Å². The number of hydrogen-bond acceptors (Lipinski definition) is 1. The van der Waals surface area contributed by atoms with E-state index in [-0.39, 0.29) is 37.9 Å². The van der Waals surface area contributed by atoms with Crippen molar-refractivity contribution in [3.8, 4) is 55.6 Å². The molecule has 1 heteroatoms. The van der Waals surface area contributed by atoms with Gasteiger partial charge in [-0.2, -0.15) is 0 Å². The average Bonchev–Trinajstić information content (AvgIpc) is 3.58. The van der Waals surface area contributed by atoms with E-state index >= 15 is 0 Å². The van der Waals surface area contributed by atoms with E-state index in [9.17, 15) is 0 Å². The molecule has 392 valence electrons. The summed E-state index contributed by atoms with van der Waals surface area (Å²) in [6.07, 6.45) is 0. The fourth-order valence-corrected chi connectivity index (χ4v) is 11.4. The molecule has 0 bridgehead atoms. The van der Waals surface area contributed by atoms with Gasteiger partial charge < -0.3 is 4.90 Å². The first-order valence-electron chi connectivity index (χ1n) is 28.1. The van der Waals surface area contributed by atoms with E-state index in [1.807, 2.05) is 0 Å². The van der Waals surface area contributed by atoms with E-state index in [4.69, 9.17) is 0 Å². The molecule has 76 heavy (non-hydrogen) atoms. The van der Waals surface area contributed by atoms with Gasteiger partial charge in [-0.25, -0.2) is 0 Å². The Bertz CT molecular complexity index is 3450. The fraction of sp³-hybridized carbons (Fsp3) is 0.360. The molecule has 0 atom stereocenters. The highest BCUT2D eigenvalue weighted by Crippen LogP contribution is 2.54. The van der Waals surface area contributed by atoms with Gasteiger partial charge in [0.05, 0.1) is 5.69 Å².